The molecule has 0 heterocycles. The summed E-state index contributed by atoms with van der Waals surface area (Å²) in [5, 5.41) is 7.20. The summed E-state index contributed by atoms with van der Waals surface area (Å²) in [5.74, 6) is 0. The van der Waals surface area contributed by atoms with Gasteiger partial charge in [0.05, 0.1) is 5.69 Å². The molecule has 0 saturated heterocycles. The van der Waals surface area contributed by atoms with E-state index < -0.39 is 0 Å². The highest BCUT2D eigenvalue weighted by molar-refractivity contribution is 5.87. The summed E-state index contributed by atoms with van der Waals surface area (Å²) in [5.41, 5.74) is 2.86. The van der Waals surface area contributed by atoms with Crippen molar-refractivity contribution in [3.63, 3.8) is 0 Å². The molecule has 0 amide bonds. The lowest BCUT2D eigenvalue weighted by Gasteiger charge is -2.02. The molecule has 0 bridgehead atoms. The van der Waals surface area contributed by atoms with Crippen molar-refractivity contribution in [1.29, 1.82) is 5.41 Å². The van der Waals surface area contributed by atoms with Gasteiger partial charge in [-0.2, -0.15) is 0 Å². The highest BCUT2D eigenvalue weighted by atomic mass is 14.7. The number of rotatable bonds is 2. The predicted octanol–water partition coefficient (Wildman–Crippen LogP) is 2.71. The highest BCUT2D eigenvalue weighted by Crippen LogP contribution is 2.19. The van der Waals surface area contributed by atoms with Crippen molar-refractivity contribution in [2.45, 2.75) is 13.8 Å². The molecule has 2 heteroatoms. The summed E-state index contributed by atoms with van der Waals surface area (Å²) < 4.78 is 0. The van der Waals surface area contributed by atoms with Gasteiger partial charge < -0.3 is 5.41 Å². The number of nitrogens with one attached hydrogen (secondary N) is 1. The number of benzene rings is 1. The summed E-state index contributed by atoms with van der Waals surface area (Å²) in [6.45, 7) is 3.85. The lowest BCUT2D eigenvalue weighted by atomic mass is 10.1. The molecule has 0 fully saturated rings. The minimum Gasteiger partial charge on any atom is -0.308 e. The van der Waals surface area contributed by atoms with E-state index in [0.29, 0.717) is 0 Å². The van der Waals surface area contributed by atoms with E-state index in [2.05, 4.69) is 4.99 Å². The van der Waals surface area contributed by atoms with Crippen LogP contribution >= 0.6 is 0 Å². The fourth-order valence-electron chi connectivity index (χ4n) is 1.10. The molecule has 2 nitrogen and oxygen atoms in total. The summed E-state index contributed by atoms with van der Waals surface area (Å²) in [6.07, 6.45) is 3.08. The lowest BCUT2D eigenvalue weighted by molar-refractivity contribution is 1.39. The van der Waals surface area contributed by atoms with E-state index in [9.17, 15) is 0 Å². The summed E-state index contributed by atoms with van der Waals surface area (Å²) in [6, 6.07) is 5.84. The molecule has 1 rings (SSSR count). The van der Waals surface area contributed by atoms with E-state index >= 15 is 0 Å². The van der Waals surface area contributed by atoms with Gasteiger partial charge in [0.1, 0.15) is 0 Å². The first-order chi connectivity index (χ1) is 5.79. The molecule has 0 radical (unpaired) electrons. The minimum absolute atomic E-state index is 0.868. The molecule has 0 saturated carbocycles. The Balaban J connectivity index is 3.27. The Labute approximate surface area is 72.5 Å². The predicted molar refractivity (Wildman–Crippen MR) is 52.9 cm³/mol. The van der Waals surface area contributed by atoms with Gasteiger partial charge in [-0.1, -0.05) is 12.1 Å². The molecule has 0 aliphatic rings. The van der Waals surface area contributed by atoms with Gasteiger partial charge in [-0.15, -0.1) is 0 Å². The second-order valence-electron chi connectivity index (χ2n) is 2.54. The number of hydrogen-bond donors (Lipinski definition) is 1. The molecule has 1 aromatic rings. The van der Waals surface area contributed by atoms with E-state index in [1.54, 1.807) is 6.21 Å². The Kier molecular flexibility index (Phi) is 2.75. The van der Waals surface area contributed by atoms with E-state index in [4.69, 9.17) is 5.41 Å². The van der Waals surface area contributed by atoms with E-state index in [1.807, 2.05) is 32.0 Å². The van der Waals surface area contributed by atoms with E-state index in [-0.39, 0.29) is 0 Å². The van der Waals surface area contributed by atoms with Crippen LogP contribution in [0, 0.1) is 12.3 Å². The normalized spacial score (nSPS) is 10.5. The maximum Gasteiger partial charge on any atom is 0.0715 e. The quantitative estimate of drug-likeness (QED) is 0.646. The first kappa shape index (κ1) is 8.65. The minimum atomic E-state index is 0.868. The van der Waals surface area contributed by atoms with Crippen molar-refractivity contribution >= 4 is 18.1 Å². The van der Waals surface area contributed by atoms with Gasteiger partial charge in [0.15, 0.2) is 0 Å². The van der Waals surface area contributed by atoms with Crippen LogP contribution in [0.3, 0.4) is 0 Å². The zero-order valence-corrected chi connectivity index (χ0v) is 7.33. The largest absolute Gasteiger partial charge is 0.308 e. The smallest absolute Gasteiger partial charge is 0.0715 e. The van der Waals surface area contributed by atoms with Crippen molar-refractivity contribution < 1.29 is 0 Å². The molecule has 0 aliphatic heterocycles. The second kappa shape index (κ2) is 3.81. The van der Waals surface area contributed by atoms with Gasteiger partial charge in [-0.3, -0.25) is 4.99 Å². The first-order valence-electron chi connectivity index (χ1n) is 3.88. The van der Waals surface area contributed by atoms with Crippen LogP contribution in [0.1, 0.15) is 18.1 Å². The Bertz CT molecular complexity index is 314. The van der Waals surface area contributed by atoms with Crippen molar-refractivity contribution in [3.8, 4) is 0 Å². The number of aryl methyl sites for hydroxylation is 1. The standard InChI is InChI=1S/C10H12N2/c1-3-12-10-6-4-5-8(2)9(10)7-11/h3-7,11H,1-2H3/b11-7?,12-3-. The van der Waals surface area contributed by atoms with Crippen molar-refractivity contribution in [3.05, 3.63) is 29.3 Å². The van der Waals surface area contributed by atoms with Crippen molar-refractivity contribution in [2.75, 3.05) is 0 Å². The van der Waals surface area contributed by atoms with E-state index in [0.717, 1.165) is 16.8 Å². The van der Waals surface area contributed by atoms with Crippen LogP contribution in [0.25, 0.3) is 0 Å². The molecular weight excluding hydrogens is 148 g/mol. The maximum absolute atomic E-state index is 7.20. The third kappa shape index (κ3) is 1.59. The van der Waals surface area contributed by atoms with Gasteiger partial charge in [0.2, 0.25) is 0 Å². The summed E-state index contributed by atoms with van der Waals surface area (Å²) in [7, 11) is 0. The Morgan fingerprint density at radius 2 is 2.17 bits per heavy atom. The number of hydrogen-bond acceptors (Lipinski definition) is 2. The molecule has 1 aromatic carbocycles. The van der Waals surface area contributed by atoms with Gasteiger partial charge in [0, 0.05) is 18.0 Å². The molecule has 1 N–H and O–H groups in total. The average Bonchev–Trinajstić information content (AvgIpc) is 2.05. The molecule has 0 atom stereocenters. The third-order valence-electron chi connectivity index (χ3n) is 1.71. The zero-order chi connectivity index (χ0) is 8.97. The molecule has 12 heavy (non-hydrogen) atoms. The number of aliphatic imine (C=N–C) groups is 1. The monoisotopic (exact) mass is 160 g/mol. The zero-order valence-electron chi connectivity index (χ0n) is 7.33. The second-order valence-corrected chi connectivity index (χ2v) is 2.54. The van der Waals surface area contributed by atoms with Crippen molar-refractivity contribution in [1.82, 2.24) is 0 Å². The summed E-state index contributed by atoms with van der Waals surface area (Å²) in [4.78, 5) is 4.16. The van der Waals surface area contributed by atoms with Crippen molar-refractivity contribution in [2.24, 2.45) is 4.99 Å². The van der Waals surface area contributed by atoms with Crippen LogP contribution in [-0.2, 0) is 0 Å². The molecule has 62 valence electrons. The Hall–Kier alpha value is -1.44. The van der Waals surface area contributed by atoms with E-state index in [1.165, 1.54) is 6.21 Å². The van der Waals surface area contributed by atoms with Crippen LogP contribution in [-0.4, -0.2) is 12.4 Å². The van der Waals surface area contributed by atoms with Crippen LogP contribution in [0.4, 0.5) is 5.69 Å². The molecule has 0 spiro atoms. The maximum atomic E-state index is 7.20. The summed E-state index contributed by atoms with van der Waals surface area (Å²) >= 11 is 0. The molecule has 0 unspecified atom stereocenters. The molecular formula is C10H12N2. The van der Waals surface area contributed by atoms with Crippen LogP contribution in [0.5, 0.6) is 0 Å². The third-order valence-corrected chi connectivity index (χ3v) is 1.71. The lowest BCUT2D eigenvalue weighted by Crippen LogP contribution is -1.86. The SMILES string of the molecule is C/C=N\c1cccc(C)c1C=N. The van der Waals surface area contributed by atoms with Gasteiger partial charge >= 0.3 is 0 Å². The number of nitrogens with zero attached hydrogens (tertiary/aromatic N) is 1. The van der Waals surface area contributed by atoms with Crippen LogP contribution in [0.2, 0.25) is 0 Å². The van der Waals surface area contributed by atoms with Crippen LogP contribution in [0.15, 0.2) is 23.2 Å². The highest BCUT2D eigenvalue weighted by Gasteiger charge is 1.99. The van der Waals surface area contributed by atoms with Gasteiger partial charge in [-0.25, -0.2) is 0 Å². The molecule has 0 aliphatic carbocycles. The first-order valence-corrected chi connectivity index (χ1v) is 3.88. The average molecular weight is 160 g/mol. The van der Waals surface area contributed by atoms with Crippen LogP contribution < -0.4 is 0 Å². The fraction of sp³-hybridized carbons (Fsp3) is 0.200. The van der Waals surface area contributed by atoms with Gasteiger partial charge in [-0.05, 0) is 25.5 Å². The fourth-order valence-corrected chi connectivity index (χ4v) is 1.10. The Morgan fingerprint density at radius 3 is 2.75 bits per heavy atom. The molecule has 0 aromatic heterocycles. The van der Waals surface area contributed by atoms with Gasteiger partial charge in [0.25, 0.3) is 0 Å². The Morgan fingerprint density at radius 1 is 1.42 bits per heavy atom. The topological polar surface area (TPSA) is 36.2 Å².